The zero-order valence-corrected chi connectivity index (χ0v) is 12.7. The van der Waals surface area contributed by atoms with Crippen LogP contribution in [0.1, 0.15) is 19.8 Å². The fraction of sp³-hybridized carbons (Fsp3) is 0.471. The number of hydrogen-bond donors (Lipinski definition) is 1. The van der Waals surface area contributed by atoms with E-state index in [0.717, 1.165) is 55.8 Å². The maximum atomic E-state index is 5.81. The van der Waals surface area contributed by atoms with Gasteiger partial charge in [-0.15, -0.1) is 0 Å². The number of para-hydroxylation sites is 1. The molecule has 0 unspecified atom stereocenters. The molecule has 0 aliphatic heterocycles. The summed E-state index contributed by atoms with van der Waals surface area (Å²) >= 11 is 0. The van der Waals surface area contributed by atoms with Gasteiger partial charge in [0.25, 0.3) is 0 Å². The van der Waals surface area contributed by atoms with Gasteiger partial charge in [-0.2, -0.15) is 0 Å². The third-order valence-corrected chi connectivity index (χ3v) is 3.23. The molecule has 0 saturated carbocycles. The lowest BCUT2D eigenvalue weighted by molar-refractivity contribution is 0.143. The largest absolute Gasteiger partial charge is 0.490 e. The van der Waals surface area contributed by atoms with Crippen molar-refractivity contribution in [3.63, 3.8) is 0 Å². The highest BCUT2D eigenvalue weighted by atomic mass is 16.5. The molecule has 4 nitrogen and oxygen atoms in total. The molecule has 0 radical (unpaired) electrons. The quantitative estimate of drug-likeness (QED) is 0.683. The molecule has 0 spiro atoms. The van der Waals surface area contributed by atoms with E-state index in [-0.39, 0.29) is 0 Å². The summed E-state index contributed by atoms with van der Waals surface area (Å²) in [5.41, 5.74) is 0.928. The Labute approximate surface area is 126 Å². The molecule has 1 aromatic carbocycles. The topological polar surface area (TPSA) is 43.4 Å². The van der Waals surface area contributed by atoms with E-state index in [1.807, 2.05) is 37.3 Å². The van der Waals surface area contributed by atoms with Crippen LogP contribution in [0.15, 0.2) is 36.5 Å². The van der Waals surface area contributed by atoms with Crippen molar-refractivity contribution in [1.82, 2.24) is 10.3 Å². The molecule has 114 valence electrons. The Morgan fingerprint density at radius 2 is 1.95 bits per heavy atom. The second kappa shape index (κ2) is 9.32. The van der Waals surface area contributed by atoms with E-state index >= 15 is 0 Å². The van der Waals surface area contributed by atoms with Crippen LogP contribution in [0.25, 0.3) is 10.9 Å². The Balaban J connectivity index is 1.64. The first kappa shape index (κ1) is 15.7. The molecule has 0 amide bonds. The second-order valence-electron chi connectivity index (χ2n) is 4.83. The summed E-state index contributed by atoms with van der Waals surface area (Å²) in [7, 11) is 0. The molecule has 0 saturated heterocycles. The Kier molecular flexibility index (Phi) is 6.98. The molecule has 2 rings (SSSR count). The van der Waals surface area contributed by atoms with Crippen LogP contribution < -0.4 is 10.1 Å². The first-order valence-electron chi connectivity index (χ1n) is 7.67. The van der Waals surface area contributed by atoms with Crippen LogP contribution in [0.2, 0.25) is 0 Å². The van der Waals surface area contributed by atoms with Crippen LogP contribution in [0.3, 0.4) is 0 Å². The van der Waals surface area contributed by atoms with Crippen molar-refractivity contribution >= 4 is 10.9 Å². The maximum Gasteiger partial charge on any atom is 0.145 e. The molecular formula is C17H24N2O2. The van der Waals surface area contributed by atoms with Crippen molar-refractivity contribution in [3.8, 4) is 5.75 Å². The van der Waals surface area contributed by atoms with Crippen LogP contribution in [-0.2, 0) is 4.74 Å². The average Bonchev–Trinajstić information content (AvgIpc) is 2.53. The van der Waals surface area contributed by atoms with E-state index < -0.39 is 0 Å². The van der Waals surface area contributed by atoms with Gasteiger partial charge >= 0.3 is 0 Å². The number of aromatic nitrogens is 1. The molecule has 2 aromatic rings. The number of rotatable bonds is 10. The van der Waals surface area contributed by atoms with Gasteiger partial charge in [-0.25, -0.2) is 0 Å². The van der Waals surface area contributed by atoms with Gasteiger partial charge in [-0.05, 0) is 38.4 Å². The third kappa shape index (κ3) is 5.33. The highest BCUT2D eigenvalue weighted by Gasteiger charge is 2.01. The minimum Gasteiger partial charge on any atom is -0.490 e. The zero-order chi connectivity index (χ0) is 14.8. The lowest BCUT2D eigenvalue weighted by atomic mass is 10.2. The van der Waals surface area contributed by atoms with Gasteiger partial charge in [0.05, 0.1) is 0 Å². The lowest BCUT2D eigenvalue weighted by Crippen LogP contribution is -2.22. The molecule has 0 fully saturated rings. The number of fused-ring (bicyclic) bond motifs is 1. The molecule has 0 aliphatic carbocycles. The second-order valence-corrected chi connectivity index (χ2v) is 4.83. The summed E-state index contributed by atoms with van der Waals surface area (Å²) < 4.78 is 11.1. The summed E-state index contributed by atoms with van der Waals surface area (Å²) in [6.07, 6.45) is 4.04. The molecule has 1 N–H and O–H groups in total. The molecule has 0 atom stereocenters. The van der Waals surface area contributed by atoms with Crippen molar-refractivity contribution < 1.29 is 9.47 Å². The Morgan fingerprint density at radius 1 is 1.05 bits per heavy atom. The van der Waals surface area contributed by atoms with Crippen molar-refractivity contribution in [2.45, 2.75) is 19.8 Å². The fourth-order valence-corrected chi connectivity index (χ4v) is 2.15. The van der Waals surface area contributed by atoms with Crippen molar-refractivity contribution in [2.75, 3.05) is 32.9 Å². The number of nitrogens with one attached hydrogen (secondary N) is 1. The van der Waals surface area contributed by atoms with Crippen LogP contribution in [-0.4, -0.2) is 37.9 Å². The van der Waals surface area contributed by atoms with E-state index in [4.69, 9.17) is 9.47 Å². The average molecular weight is 288 g/mol. The summed E-state index contributed by atoms with van der Waals surface area (Å²) in [4.78, 5) is 4.38. The van der Waals surface area contributed by atoms with Crippen LogP contribution in [0.5, 0.6) is 5.75 Å². The summed E-state index contributed by atoms with van der Waals surface area (Å²) in [5, 5.41) is 4.49. The van der Waals surface area contributed by atoms with Gasteiger partial charge in [0.2, 0.25) is 0 Å². The summed E-state index contributed by atoms with van der Waals surface area (Å²) in [6, 6.07) is 10.0. The number of pyridine rings is 1. The predicted molar refractivity (Wildman–Crippen MR) is 85.8 cm³/mol. The summed E-state index contributed by atoms with van der Waals surface area (Å²) in [6.45, 7) is 6.19. The third-order valence-electron chi connectivity index (χ3n) is 3.23. The lowest BCUT2D eigenvalue weighted by Gasteiger charge is -2.09. The highest BCUT2D eigenvalue weighted by Crippen LogP contribution is 2.22. The van der Waals surface area contributed by atoms with Crippen LogP contribution in [0.4, 0.5) is 0 Å². The first-order chi connectivity index (χ1) is 10.4. The van der Waals surface area contributed by atoms with Gasteiger partial charge in [0.1, 0.15) is 17.9 Å². The van der Waals surface area contributed by atoms with Crippen LogP contribution >= 0.6 is 0 Å². The molecule has 0 aliphatic rings. The van der Waals surface area contributed by atoms with Gasteiger partial charge < -0.3 is 14.8 Å². The monoisotopic (exact) mass is 288 g/mol. The predicted octanol–water partition coefficient (Wildman–Crippen LogP) is 3.02. The number of nitrogens with zero attached hydrogens (tertiary/aromatic N) is 1. The van der Waals surface area contributed by atoms with Crippen molar-refractivity contribution in [3.05, 3.63) is 36.5 Å². The van der Waals surface area contributed by atoms with E-state index in [1.54, 1.807) is 6.20 Å². The minimum atomic E-state index is 0.654. The van der Waals surface area contributed by atoms with Gasteiger partial charge in [0, 0.05) is 31.3 Å². The van der Waals surface area contributed by atoms with E-state index in [2.05, 4.69) is 10.3 Å². The maximum absolute atomic E-state index is 5.81. The number of unbranched alkanes of at least 4 members (excludes halogenated alkanes) is 1. The Morgan fingerprint density at radius 3 is 2.86 bits per heavy atom. The number of hydrogen-bond acceptors (Lipinski definition) is 4. The molecule has 21 heavy (non-hydrogen) atoms. The first-order valence-corrected chi connectivity index (χ1v) is 7.67. The molecule has 1 heterocycles. The molecule has 0 bridgehead atoms. The van der Waals surface area contributed by atoms with Gasteiger partial charge in [-0.1, -0.05) is 18.2 Å². The molecule has 1 aromatic heterocycles. The van der Waals surface area contributed by atoms with Crippen LogP contribution in [0, 0.1) is 0 Å². The number of benzene rings is 1. The van der Waals surface area contributed by atoms with E-state index in [1.165, 1.54) is 0 Å². The smallest absolute Gasteiger partial charge is 0.145 e. The van der Waals surface area contributed by atoms with Gasteiger partial charge in [-0.3, -0.25) is 4.98 Å². The molecular weight excluding hydrogens is 264 g/mol. The standard InChI is InChI=1S/C17H24N2O2/c1-2-20-13-4-3-10-18-12-14-21-16-9-5-7-15-8-6-11-19-17(15)16/h5-9,11,18H,2-4,10,12-14H2,1H3. The normalized spacial score (nSPS) is 10.9. The fourth-order valence-electron chi connectivity index (χ4n) is 2.15. The Hall–Kier alpha value is -1.65. The van der Waals surface area contributed by atoms with Crippen molar-refractivity contribution in [2.24, 2.45) is 0 Å². The SMILES string of the molecule is CCOCCCCNCCOc1cccc2cccnc12. The Bertz CT molecular complexity index is 526. The van der Waals surface area contributed by atoms with Crippen molar-refractivity contribution in [1.29, 1.82) is 0 Å². The zero-order valence-electron chi connectivity index (χ0n) is 12.7. The summed E-state index contributed by atoms with van der Waals surface area (Å²) in [5.74, 6) is 0.853. The molecule has 4 heteroatoms. The minimum absolute atomic E-state index is 0.654. The van der Waals surface area contributed by atoms with E-state index in [0.29, 0.717) is 6.61 Å². The highest BCUT2D eigenvalue weighted by molar-refractivity contribution is 5.84. The van der Waals surface area contributed by atoms with Gasteiger partial charge in [0.15, 0.2) is 0 Å². The number of ether oxygens (including phenoxy) is 2. The van der Waals surface area contributed by atoms with E-state index in [9.17, 15) is 0 Å².